The summed E-state index contributed by atoms with van der Waals surface area (Å²) in [6.07, 6.45) is 2.99. The number of hydrogen-bond donors (Lipinski definition) is 1. The minimum Gasteiger partial charge on any atom is -0.349 e. The van der Waals surface area contributed by atoms with Gasteiger partial charge in [-0.1, -0.05) is 24.3 Å². The number of nitrogens with one attached hydrogen (secondary N) is 1. The Labute approximate surface area is 205 Å². The second-order valence-electron chi connectivity index (χ2n) is 9.22. The molecule has 3 aromatic heterocycles. The highest BCUT2D eigenvalue weighted by Crippen LogP contribution is 2.50. The van der Waals surface area contributed by atoms with Crippen molar-refractivity contribution in [3.05, 3.63) is 63.5 Å². The van der Waals surface area contributed by atoms with Gasteiger partial charge in [-0.05, 0) is 50.2 Å². The van der Waals surface area contributed by atoms with Crippen molar-refractivity contribution in [3.8, 4) is 10.4 Å². The number of rotatable bonds is 5. The molecule has 2 aliphatic rings. The molecular weight excluding hydrogens is 466 g/mol. The average molecular weight is 492 g/mol. The van der Waals surface area contributed by atoms with Crippen molar-refractivity contribution in [3.63, 3.8) is 0 Å². The molecule has 34 heavy (non-hydrogen) atoms. The van der Waals surface area contributed by atoms with Crippen molar-refractivity contribution in [2.75, 3.05) is 13.1 Å². The van der Waals surface area contributed by atoms with Crippen LogP contribution in [0.15, 0.2) is 35.8 Å². The SMILES string of the molecule is Cc1nc(C(=O)N2C[C@@H]3C[C@@H]3[C@H]2CNC(=O)c2c(C)nc3sccn23)c(-c2ccccc2C)s1. The molecule has 0 bridgehead atoms. The van der Waals surface area contributed by atoms with Gasteiger partial charge in [0.15, 0.2) is 4.96 Å². The van der Waals surface area contributed by atoms with Crippen LogP contribution in [0.5, 0.6) is 0 Å². The quantitative estimate of drug-likeness (QED) is 0.451. The van der Waals surface area contributed by atoms with Gasteiger partial charge in [-0.15, -0.1) is 22.7 Å². The topological polar surface area (TPSA) is 79.6 Å². The van der Waals surface area contributed by atoms with Crippen LogP contribution in [0.25, 0.3) is 15.4 Å². The number of fused-ring (bicyclic) bond motifs is 2. The Morgan fingerprint density at radius 1 is 1.18 bits per heavy atom. The van der Waals surface area contributed by atoms with Crippen LogP contribution in [0.3, 0.4) is 0 Å². The van der Waals surface area contributed by atoms with Crippen LogP contribution < -0.4 is 5.32 Å². The van der Waals surface area contributed by atoms with Gasteiger partial charge in [0, 0.05) is 24.7 Å². The molecule has 4 aromatic rings. The number of nitrogens with zero attached hydrogens (tertiary/aromatic N) is 4. The number of hydrogen-bond acceptors (Lipinski definition) is 6. The van der Waals surface area contributed by atoms with E-state index >= 15 is 0 Å². The summed E-state index contributed by atoms with van der Waals surface area (Å²) < 4.78 is 1.83. The fourth-order valence-electron chi connectivity index (χ4n) is 5.23. The van der Waals surface area contributed by atoms with Crippen molar-refractivity contribution in [1.82, 2.24) is 24.6 Å². The van der Waals surface area contributed by atoms with Gasteiger partial charge in [0.2, 0.25) is 0 Å². The van der Waals surface area contributed by atoms with E-state index in [2.05, 4.69) is 34.3 Å². The summed E-state index contributed by atoms with van der Waals surface area (Å²) in [5.74, 6) is 0.784. The maximum absolute atomic E-state index is 13.8. The summed E-state index contributed by atoms with van der Waals surface area (Å²) in [4.78, 5) is 39.6. The number of aromatic nitrogens is 3. The Morgan fingerprint density at radius 3 is 2.82 bits per heavy atom. The van der Waals surface area contributed by atoms with Crippen molar-refractivity contribution >= 4 is 39.4 Å². The molecule has 1 saturated carbocycles. The number of imidazole rings is 1. The molecule has 9 heteroatoms. The smallest absolute Gasteiger partial charge is 0.274 e. The van der Waals surface area contributed by atoms with E-state index in [1.807, 2.05) is 46.9 Å². The molecule has 0 radical (unpaired) electrons. The molecule has 2 amide bonds. The number of piperidine rings is 1. The van der Waals surface area contributed by atoms with Gasteiger partial charge in [-0.25, -0.2) is 9.97 Å². The number of carbonyl (C=O) groups excluding carboxylic acids is 2. The average Bonchev–Trinajstić information content (AvgIpc) is 3.14. The minimum atomic E-state index is -0.148. The normalized spacial score (nSPS) is 21.1. The lowest BCUT2D eigenvalue weighted by molar-refractivity contribution is 0.0690. The van der Waals surface area contributed by atoms with Gasteiger partial charge >= 0.3 is 0 Å². The predicted molar refractivity (Wildman–Crippen MR) is 134 cm³/mol. The maximum atomic E-state index is 13.8. The monoisotopic (exact) mass is 491 g/mol. The number of aryl methyl sites for hydroxylation is 3. The standard InChI is InChI=1S/C25H25N5O2S2/c1-13-6-4-5-7-17(13)22-20(28-15(3)34-22)24(32)30-12-16-10-18(16)19(30)11-26-23(31)21-14(2)27-25-29(21)8-9-33-25/h4-9,16,18-19H,10-12H2,1-3H3,(H,26,31)/t16-,18-,19+/m0/s1. The summed E-state index contributed by atoms with van der Waals surface area (Å²) in [7, 11) is 0. The summed E-state index contributed by atoms with van der Waals surface area (Å²) in [6, 6.07) is 8.10. The molecule has 0 unspecified atom stereocenters. The second-order valence-corrected chi connectivity index (χ2v) is 11.3. The first-order chi connectivity index (χ1) is 16.4. The summed E-state index contributed by atoms with van der Waals surface area (Å²) in [5.41, 5.74) is 4.00. The van der Waals surface area contributed by atoms with Crippen LogP contribution in [0.4, 0.5) is 0 Å². The fourth-order valence-corrected chi connectivity index (χ4v) is 6.99. The van der Waals surface area contributed by atoms with Gasteiger partial charge in [0.1, 0.15) is 11.4 Å². The highest BCUT2D eigenvalue weighted by Gasteiger charge is 2.54. The Balaban J connectivity index is 1.24. The molecule has 2 fully saturated rings. The lowest BCUT2D eigenvalue weighted by atomic mass is 10.1. The Bertz CT molecular complexity index is 1430. The van der Waals surface area contributed by atoms with Crippen molar-refractivity contribution in [2.24, 2.45) is 11.8 Å². The molecular formula is C25H25N5O2S2. The zero-order valence-corrected chi connectivity index (χ0v) is 20.9. The van der Waals surface area contributed by atoms with Gasteiger partial charge in [0.05, 0.1) is 21.6 Å². The highest BCUT2D eigenvalue weighted by atomic mass is 32.1. The van der Waals surface area contributed by atoms with Gasteiger partial charge in [0.25, 0.3) is 11.8 Å². The van der Waals surface area contributed by atoms with Gasteiger partial charge < -0.3 is 10.2 Å². The molecule has 4 heterocycles. The lowest BCUT2D eigenvalue weighted by Crippen LogP contribution is -2.46. The van der Waals surface area contributed by atoms with Crippen LogP contribution >= 0.6 is 22.7 Å². The van der Waals surface area contributed by atoms with E-state index in [1.165, 1.54) is 11.3 Å². The Kier molecular flexibility index (Phi) is 5.07. The van der Waals surface area contributed by atoms with Crippen LogP contribution in [-0.2, 0) is 0 Å². The molecule has 174 valence electrons. The van der Waals surface area contributed by atoms with Crippen molar-refractivity contribution in [1.29, 1.82) is 0 Å². The number of thiazole rings is 2. The summed E-state index contributed by atoms with van der Waals surface area (Å²) >= 11 is 3.07. The maximum Gasteiger partial charge on any atom is 0.274 e. The third-order valence-corrected chi connectivity index (χ3v) is 8.77. The molecule has 1 aromatic carbocycles. The molecule has 3 atom stereocenters. The highest BCUT2D eigenvalue weighted by molar-refractivity contribution is 7.15. The summed E-state index contributed by atoms with van der Waals surface area (Å²) in [5, 5.41) is 5.90. The first-order valence-electron chi connectivity index (χ1n) is 11.5. The van der Waals surface area contributed by atoms with E-state index in [1.54, 1.807) is 11.3 Å². The third-order valence-electron chi connectivity index (χ3n) is 7.01. The molecule has 0 spiro atoms. The Morgan fingerprint density at radius 2 is 2.00 bits per heavy atom. The van der Waals surface area contributed by atoms with Crippen LogP contribution in [0.1, 0.15) is 43.7 Å². The fraction of sp³-hybridized carbons (Fsp3) is 0.360. The molecule has 6 rings (SSSR count). The van der Waals surface area contributed by atoms with E-state index in [4.69, 9.17) is 0 Å². The minimum absolute atomic E-state index is 0.0145. The lowest BCUT2D eigenvalue weighted by Gasteiger charge is -2.27. The first-order valence-corrected chi connectivity index (χ1v) is 13.2. The number of carbonyl (C=O) groups is 2. The zero-order chi connectivity index (χ0) is 23.6. The van der Waals surface area contributed by atoms with Gasteiger partial charge in [-0.2, -0.15) is 0 Å². The van der Waals surface area contributed by atoms with E-state index in [-0.39, 0.29) is 17.9 Å². The summed E-state index contributed by atoms with van der Waals surface area (Å²) in [6.45, 7) is 7.03. The second kappa shape index (κ2) is 8.02. The van der Waals surface area contributed by atoms with Crippen molar-refractivity contribution in [2.45, 2.75) is 33.2 Å². The molecule has 1 N–H and O–H groups in total. The zero-order valence-electron chi connectivity index (χ0n) is 19.2. The van der Waals surface area contributed by atoms with E-state index in [0.29, 0.717) is 35.5 Å². The van der Waals surface area contributed by atoms with E-state index in [0.717, 1.165) is 38.9 Å². The van der Waals surface area contributed by atoms with Crippen molar-refractivity contribution < 1.29 is 9.59 Å². The molecule has 1 saturated heterocycles. The first kappa shape index (κ1) is 21.5. The van der Waals surface area contributed by atoms with E-state index in [9.17, 15) is 9.59 Å². The largest absolute Gasteiger partial charge is 0.349 e. The number of amides is 2. The Hall–Kier alpha value is -3.04. The van der Waals surface area contributed by atoms with Crippen LogP contribution in [0, 0.1) is 32.6 Å². The van der Waals surface area contributed by atoms with Crippen LogP contribution in [0.2, 0.25) is 0 Å². The van der Waals surface area contributed by atoms with E-state index < -0.39 is 0 Å². The third kappa shape index (κ3) is 3.45. The molecule has 1 aliphatic carbocycles. The molecule has 1 aliphatic heterocycles. The van der Waals surface area contributed by atoms with Gasteiger partial charge in [-0.3, -0.25) is 14.0 Å². The number of benzene rings is 1. The molecule has 7 nitrogen and oxygen atoms in total. The predicted octanol–water partition coefficient (Wildman–Crippen LogP) is 4.34. The van der Waals surface area contributed by atoms with Crippen LogP contribution in [-0.4, -0.2) is 50.2 Å². The number of likely N-dealkylation sites (tertiary alicyclic amines) is 1.